The van der Waals surface area contributed by atoms with Crippen LogP contribution in [0.2, 0.25) is 5.02 Å². The van der Waals surface area contributed by atoms with Gasteiger partial charge in [0.2, 0.25) is 10.0 Å². The first-order valence-electron chi connectivity index (χ1n) is 7.49. The Morgan fingerprint density at radius 2 is 1.68 bits per heavy atom. The summed E-state index contributed by atoms with van der Waals surface area (Å²) in [5.41, 5.74) is 0. The molecule has 0 aliphatic rings. The summed E-state index contributed by atoms with van der Waals surface area (Å²) in [6, 6.07) is 11.1. The van der Waals surface area contributed by atoms with Crippen LogP contribution in [0, 0.1) is 0 Å². The molecule has 0 fully saturated rings. The lowest BCUT2D eigenvalue weighted by Gasteiger charge is -2.17. The van der Waals surface area contributed by atoms with Gasteiger partial charge in [-0.25, -0.2) is 13.1 Å². The van der Waals surface area contributed by atoms with E-state index in [9.17, 15) is 8.42 Å². The third-order valence-corrected chi connectivity index (χ3v) is 5.18. The lowest BCUT2D eigenvalue weighted by molar-refractivity contribution is 0.271. The molecule has 0 aliphatic carbocycles. The highest BCUT2D eigenvalue weighted by Crippen LogP contribution is 2.28. The fourth-order valence-corrected chi connectivity index (χ4v) is 3.84. The molecule has 0 unspecified atom stereocenters. The van der Waals surface area contributed by atoms with E-state index in [0.717, 1.165) is 0 Å². The number of methoxy groups -OCH3 is 2. The Kier molecular flexibility index (Phi) is 6.52. The van der Waals surface area contributed by atoms with Crippen molar-refractivity contribution in [1.29, 1.82) is 0 Å². The van der Waals surface area contributed by atoms with Gasteiger partial charge in [-0.3, -0.25) is 0 Å². The largest absolute Gasteiger partial charge is 0.495 e. The normalized spacial score (nSPS) is 12.5. The van der Waals surface area contributed by atoms with Crippen LogP contribution in [-0.4, -0.2) is 35.3 Å². The molecule has 1 N–H and O–H groups in total. The van der Waals surface area contributed by atoms with Gasteiger partial charge in [0.1, 0.15) is 17.3 Å². The Hall–Kier alpha value is -1.96. The molecule has 2 rings (SSSR count). The molecule has 2 aromatic carbocycles. The van der Waals surface area contributed by atoms with Crippen molar-refractivity contribution >= 4 is 21.6 Å². The summed E-state index contributed by atoms with van der Waals surface area (Å²) in [5, 5.41) is 0.305. The van der Waals surface area contributed by atoms with Crippen LogP contribution in [0.3, 0.4) is 0 Å². The summed E-state index contributed by atoms with van der Waals surface area (Å²) in [7, 11) is -0.875. The minimum absolute atomic E-state index is 0.0216. The molecule has 0 radical (unpaired) electrons. The molecule has 8 heteroatoms. The molecule has 136 valence electrons. The molecule has 0 heterocycles. The lowest BCUT2D eigenvalue weighted by atomic mass is 10.3. The first kappa shape index (κ1) is 19.4. The molecule has 0 saturated heterocycles. The van der Waals surface area contributed by atoms with Crippen LogP contribution in [-0.2, 0) is 10.0 Å². The smallest absolute Gasteiger partial charge is 0.244 e. The number of hydrogen-bond acceptors (Lipinski definition) is 5. The van der Waals surface area contributed by atoms with Gasteiger partial charge in [0.15, 0.2) is 11.5 Å². The standard InChI is InChI=1S/C17H20ClNO5S/c1-12(11-24-15-7-5-4-6-14(15)22-2)19-25(20,21)17-10-13(18)8-9-16(17)23-3/h4-10,12,19H,11H2,1-3H3/t12-/m1/s1. The monoisotopic (exact) mass is 385 g/mol. The SMILES string of the molecule is COc1ccccc1OC[C@@H](C)NS(=O)(=O)c1cc(Cl)ccc1OC. The van der Waals surface area contributed by atoms with Crippen molar-refractivity contribution in [3.63, 3.8) is 0 Å². The Balaban J connectivity index is 2.09. The van der Waals surface area contributed by atoms with Crippen molar-refractivity contribution < 1.29 is 22.6 Å². The molecule has 0 aliphatic heterocycles. The van der Waals surface area contributed by atoms with Crippen LogP contribution in [0.25, 0.3) is 0 Å². The van der Waals surface area contributed by atoms with E-state index in [1.807, 2.05) is 12.1 Å². The zero-order valence-electron chi connectivity index (χ0n) is 14.2. The second-order valence-electron chi connectivity index (χ2n) is 5.28. The maximum atomic E-state index is 12.6. The lowest BCUT2D eigenvalue weighted by Crippen LogP contribution is -2.37. The van der Waals surface area contributed by atoms with Gasteiger partial charge in [0.25, 0.3) is 0 Å². The average molecular weight is 386 g/mol. The maximum absolute atomic E-state index is 12.6. The zero-order valence-corrected chi connectivity index (χ0v) is 15.7. The number of halogens is 1. The summed E-state index contributed by atoms with van der Waals surface area (Å²) in [6.45, 7) is 1.83. The quantitative estimate of drug-likeness (QED) is 0.755. The van der Waals surface area contributed by atoms with E-state index in [4.69, 9.17) is 25.8 Å². The van der Waals surface area contributed by atoms with Gasteiger partial charge < -0.3 is 14.2 Å². The third kappa shape index (κ3) is 5.01. The molecular weight excluding hydrogens is 366 g/mol. The summed E-state index contributed by atoms with van der Waals surface area (Å²) in [5.74, 6) is 1.33. The van der Waals surface area contributed by atoms with E-state index in [1.54, 1.807) is 32.2 Å². The Bertz CT molecular complexity index is 826. The van der Waals surface area contributed by atoms with Gasteiger partial charge in [0.05, 0.1) is 20.3 Å². The topological polar surface area (TPSA) is 73.9 Å². The predicted molar refractivity (Wildman–Crippen MR) is 96.3 cm³/mol. The molecule has 0 aromatic heterocycles. The highest BCUT2D eigenvalue weighted by atomic mass is 35.5. The molecule has 0 bridgehead atoms. The molecule has 2 aromatic rings. The zero-order chi connectivity index (χ0) is 18.4. The molecule has 0 saturated carbocycles. The molecule has 0 spiro atoms. The highest BCUT2D eigenvalue weighted by Gasteiger charge is 2.22. The first-order valence-corrected chi connectivity index (χ1v) is 9.35. The van der Waals surface area contributed by atoms with Gasteiger partial charge in [-0.2, -0.15) is 0 Å². The van der Waals surface area contributed by atoms with Gasteiger partial charge >= 0.3 is 0 Å². The van der Waals surface area contributed by atoms with Crippen LogP contribution < -0.4 is 18.9 Å². The van der Waals surface area contributed by atoms with E-state index in [1.165, 1.54) is 19.2 Å². The number of benzene rings is 2. The summed E-state index contributed by atoms with van der Waals surface area (Å²) >= 11 is 5.90. The van der Waals surface area contributed by atoms with Crippen molar-refractivity contribution in [2.75, 3.05) is 20.8 Å². The molecular formula is C17H20ClNO5S. The van der Waals surface area contributed by atoms with E-state index in [-0.39, 0.29) is 17.3 Å². The van der Waals surface area contributed by atoms with Crippen LogP contribution in [0.4, 0.5) is 0 Å². The number of para-hydroxylation sites is 2. The Morgan fingerprint density at radius 1 is 1.04 bits per heavy atom. The second-order valence-corrected chi connectivity index (χ2v) is 7.40. The van der Waals surface area contributed by atoms with E-state index in [0.29, 0.717) is 16.5 Å². The fraction of sp³-hybridized carbons (Fsp3) is 0.294. The summed E-state index contributed by atoms with van der Waals surface area (Å²) < 4.78 is 43.6. The fourth-order valence-electron chi connectivity index (χ4n) is 2.18. The molecule has 1 atom stereocenters. The van der Waals surface area contributed by atoms with Gasteiger partial charge in [0, 0.05) is 5.02 Å². The number of rotatable bonds is 8. The minimum atomic E-state index is -3.82. The first-order chi connectivity index (χ1) is 11.9. The molecule has 6 nitrogen and oxygen atoms in total. The summed E-state index contributed by atoms with van der Waals surface area (Å²) in [4.78, 5) is -0.0216. The van der Waals surface area contributed by atoms with Crippen molar-refractivity contribution in [3.05, 3.63) is 47.5 Å². The molecule has 25 heavy (non-hydrogen) atoms. The Labute approximate surface area is 152 Å². The van der Waals surface area contributed by atoms with Crippen molar-refractivity contribution in [2.45, 2.75) is 17.9 Å². The number of hydrogen-bond donors (Lipinski definition) is 1. The average Bonchev–Trinajstić information content (AvgIpc) is 2.59. The summed E-state index contributed by atoms with van der Waals surface area (Å²) in [6.07, 6.45) is 0. The van der Waals surface area contributed by atoms with Crippen molar-refractivity contribution in [2.24, 2.45) is 0 Å². The number of sulfonamides is 1. The van der Waals surface area contributed by atoms with Crippen molar-refractivity contribution in [3.8, 4) is 17.2 Å². The second kappa shape index (κ2) is 8.42. The van der Waals surface area contributed by atoms with Gasteiger partial charge in [-0.05, 0) is 37.3 Å². The maximum Gasteiger partial charge on any atom is 0.244 e. The van der Waals surface area contributed by atoms with Crippen LogP contribution in [0.1, 0.15) is 6.92 Å². The van der Waals surface area contributed by atoms with E-state index < -0.39 is 16.1 Å². The Morgan fingerprint density at radius 3 is 2.32 bits per heavy atom. The minimum Gasteiger partial charge on any atom is -0.495 e. The van der Waals surface area contributed by atoms with Gasteiger partial charge in [-0.15, -0.1) is 0 Å². The van der Waals surface area contributed by atoms with Gasteiger partial charge in [-0.1, -0.05) is 23.7 Å². The van der Waals surface area contributed by atoms with Crippen LogP contribution in [0.15, 0.2) is 47.4 Å². The van der Waals surface area contributed by atoms with Crippen LogP contribution >= 0.6 is 11.6 Å². The predicted octanol–water partition coefficient (Wildman–Crippen LogP) is 3.10. The number of ether oxygens (including phenoxy) is 3. The van der Waals surface area contributed by atoms with E-state index >= 15 is 0 Å². The molecule has 0 amide bonds. The number of nitrogens with one attached hydrogen (secondary N) is 1. The highest BCUT2D eigenvalue weighted by molar-refractivity contribution is 7.89. The van der Waals surface area contributed by atoms with Crippen molar-refractivity contribution in [1.82, 2.24) is 4.72 Å². The van der Waals surface area contributed by atoms with Crippen LogP contribution in [0.5, 0.6) is 17.2 Å². The third-order valence-electron chi connectivity index (χ3n) is 3.33. The van der Waals surface area contributed by atoms with E-state index in [2.05, 4.69) is 4.72 Å².